The summed E-state index contributed by atoms with van der Waals surface area (Å²) in [6.07, 6.45) is 0. The van der Waals surface area contributed by atoms with E-state index >= 15 is 0 Å². The summed E-state index contributed by atoms with van der Waals surface area (Å²) < 4.78 is 38.8. The molecule has 0 bridgehead atoms. The van der Waals surface area contributed by atoms with Crippen molar-refractivity contribution < 1.29 is 17.9 Å². The average molecular weight is 378 g/mol. The van der Waals surface area contributed by atoms with E-state index in [9.17, 15) is 8.42 Å². The van der Waals surface area contributed by atoms with Gasteiger partial charge in [0.25, 0.3) is 0 Å². The molecule has 0 fully saturated rings. The van der Waals surface area contributed by atoms with Gasteiger partial charge in [-0.2, -0.15) is 0 Å². The smallest absolute Gasteiger partial charge is 0.240 e. The van der Waals surface area contributed by atoms with E-state index in [0.717, 1.165) is 11.1 Å². The minimum Gasteiger partial charge on any atom is -0.496 e. The van der Waals surface area contributed by atoms with Crippen LogP contribution in [0.5, 0.6) is 5.75 Å². The molecule has 0 aliphatic heterocycles. The highest BCUT2D eigenvalue weighted by atomic mass is 32.2. The van der Waals surface area contributed by atoms with Gasteiger partial charge < -0.3 is 9.47 Å². The van der Waals surface area contributed by atoms with Gasteiger partial charge in [-0.3, -0.25) is 0 Å². The first-order valence-electron chi connectivity index (χ1n) is 8.65. The van der Waals surface area contributed by atoms with Crippen LogP contribution in [-0.2, 0) is 21.4 Å². The minimum absolute atomic E-state index is 0.161. The Hall–Kier alpha value is -1.89. The highest BCUT2D eigenvalue weighted by Crippen LogP contribution is 2.31. The van der Waals surface area contributed by atoms with Gasteiger partial charge in [-0.15, -0.1) is 0 Å². The fourth-order valence-electron chi connectivity index (χ4n) is 2.68. The second-order valence-corrected chi connectivity index (χ2v) is 8.19. The van der Waals surface area contributed by atoms with Crippen LogP contribution in [-0.4, -0.2) is 28.7 Å². The minimum atomic E-state index is -3.60. The maximum atomic E-state index is 12.7. The molecule has 6 heteroatoms. The van der Waals surface area contributed by atoms with Gasteiger partial charge in [0.1, 0.15) is 5.75 Å². The van der Waals surface area contributed by atoms with Gasteiger partial charge in [0, 0.05) is 6.54 Å². The Bertz CT molecular complexity index is 817. The largest absolute Gasteiger partial charge is 0.496 e. The summed E-state index contributed by atoms with van der Waals surface area (Å²) in [6, 6.07) is 13.2. The van der Waals surface area contributed by atoms with Crippen LogP contribution in [0.4, 0.5) is 0 Å². The van der Waals surface area contributed by atoms with Crippen LogP contribution in [0.15, 0.2) is 47.4 Å². The molecule has 0 radical (unpaired) electrons. The van der Waals surface area contributed by atoms with E-state index in [0.29, 0.717) is 24.5 Å². The lowest BCUT2D eigenvalue weighted by molar-refractivity contribution is 0.126. The van der Waals surface area contributed by atoms with Crippen LogP contribution < -0.4 is 9.46 Å². The van der Waals surface area contributed by atoms with Crippen molar-refractivity contribution in [3.05, 3.63) is 59.2 Å². The molecule has 0 spiro atoms. The van der Waals surface area contributed by atoms with Crippen molar-refractivity contribution in [2.45, 2.75) is 38.2 Å². The van der Waals surface area contributed by atoms with Crippen molar-refractivity contribution in [1.29, 1.82) is 0 Å². The fraction of sp³-hybridized carbons (Fsp3) is 0.400. The van der Waals surface area contributed by atoms with E-state index < -0.39 is 10.0 Å². The van der Waals surface area contributed by atoms with Crippen LogP contribution in [0.2, 0.25) is 0 Å². The molecule has 0 heterocycles. The van der Waals surface area contributed by atoms with Crippen molar-refractivity contribution in [2.75, 3.05) is 20.3 Å². The number of ether oxygens (including phenoxy) is 2. The third kappa shape index (κ3) is 5.30. The first kappa shape index (κ1) is 20.4. The lowest BCUT2D eigenvalue weighted by atomic mass is 10.0. The fourth-order valence-corrected chi connectivity index (χ4v) is 3.96. The van der Waals surface area contributed by atoms with Gasteiger partial charge in [-0.25, -0.2) is 13.1 Å². The van der Waals surface area contributed by atoms with E-state index in [1.807, 2.05) is 44.2 Å². The zero-order chi connectivity index (χ0) is 19.2. The van der Waals surface area contributed by atoms with E-state index in [1.54, 1.807) is 26.2 Å². The lowest BCUT2D eigenvalue weighted by Crippen LogP contribution is -2.28. The molecule has 26 heavy (non-hydrogen) atoms. The van der Waals surface area contributed by atoms with Crippen LogP contribution in [0, 0.1) is 6.92 Å². The second-order valence-electron chi connectivity index (χ2n) is 6.45. The van der Waals surface area contributed by atoms with E-state index in [-0.39, 0.29) is 17.4 Å². The van der Waals surface area contributed by atoms with Crippen molar-refractivity contribution >= 4 is 10.0 Å². The first-order chi connectivity index (χ1) is 12.3. The number of benzene rings is 2. The maximum absolute atomic E-state index is 12.7. The zero-order valence-electron chi connectivity index (χ0n) is 15.8. The molecule has 0 saturated carbocycles. The molecule has 0 unspecified atom stereocenters. The SMILES string of the molecule is COc1cc(C)c(S(=O)(=O)NCCOCc2ccccc2)cc1C(C)C. The molecule has 0 aliphatic rings. The van der Waals surface area contributed by atoms with E-state index in [4.69, 9.17) is 9.47 Å². The number of sulfonamides is 1. The van der Waals surface area contributed by atoms with Crippen LogP contribution in [0.25, 0.3) is 0 Å². The molecule has 142 valence electrons. The Labute approximate surface area is 156 Å². The Morgan fingerprint density at radius 1 is 1.12 bits per heavy atom. The predicted molar refractivity (Wildman–Crippen MR) is 103 cm³/mol. The van der Waals surface area contributed by atoms with Gasteiger partial charge in [-0.05, 0) is 41.7 Å². The number of aryl methyl sites for hydroxylation is 1. The molecule has 2 aromatic carbocycles. The molecule has 5 nitrogen and oxygen atoms in total. The van der Waals surface area contributed by atoms with Gasteiger partial charge in [-0.1, -0.05) is 44.2 Å². The molecule has 0 saturated heterocycles. The molecule has 0 amide bonds. The summed E-state index contributed by atoms with van der Waals surface area (Å²) in [6.45, 7) is 6.77. The van der Waals surface area contributed by atoms with Gasteiger partial charge >= 0.3 is 0 Å². The van der Waals surface area contributed by atoms with Crippen LogP contribution in [0.3, 0.4) is 0 Å². The molecule has 2 aromatic rings. The summed E-state index contributed by atoms with van der Waals surface area (Å²) >= 11 is 0. The maximum Gasteiger partial charge on any atom is 0.240 e. The van der Waals surface area contributed by atoms with Crippen molar-refractivity contribution in [3.8, 4) is 5.75 Å². The summed E-state index contributed by atoms with van der Waals surface area (Å²) in [5.74, 6) is 0.872. The zero-order valence-corrected chi connectivity index (χ0v) is 16.6. The van der Waals surface area contributed by atoms with E-state index in [1.165, 1.54) is 0 Å². The first-order valence-corrected chi connectivity index (χ1v) is 10.1. The number of nitrogens with one attached hydrogen (secondary N) is 1. The topological polar surface area (TPSA) is 64.6 Å². The summed E-state index contributed by atoms with van der Waals surface area (Å²) in [7, 11) is -2.01. The van der Waals surface area contributed by atoms with Crippen molar-refractivity contribution in [3.63, 3.8) is 0 Å². The van der Waals surface area contributed by atoms with Gasteiger partial charge in [0.2, 0.25) is 10.0 Å². The Balaban J connectivity index is 2.00. The summed E-state index contributed by atoms with van der Waals surface area (Å²) in [5.41, 5.74) is 2.59. The molecule has 0 atom stereocenters. The molecule has 2 rings (SSSR count). The third-order valence-electron chi connectivity index (χ3n) is 4.09. The normalized spacial score (nSPS) is 11.7. The highest BCUT2D eigenvalue weighted by Gasteiger charge is 2.20. The Morgan fingerprint density at radius 2 is 1.81 bits per heavy atom. The Kier molecular flexibility index (Phi) is 7.20. The van der Waals surface area contributed by atoms with Crippen LogP contribution >= 0.6 is 0 Å². The third-order valence-corrected chi connectivity index (χ3v) is 5.69. The van der Waals surface area contributed by atoms with Crippen molar-refractivity contribution in [1.82, 2.24) is 4.72 Å². The molecular formula is C20H27NO4S. The molecular weight excluding hydrogens is 350 g/mol. The van der Waals surface area contributed by atoms with Crippen LogP contribution in [0.1, 0.15) is 36.5 Å². The quantitative estimate of drug-likeness (QED) is 0.678. The molecule has 0 aromatic heterocycles. The van der Waals surface area contributed by atoms with Gasteiger partial charge in [0.15, 0.2) is 0 Å². The van der Waals surface area contributed by atoms with Gasteiger partial charge in [0.05, 0.1) is 25.2 Å². The molecule has 1 N–H and O–H groups in total. The highest BCUT2D eigenvalue weighted by molar-refractivity contribution is 7.89. The summed E-state index contributed by atoms with van der Waals surface area (Å²) in [4.78, 5) is 0.282. The average Bonchev–Trinajstić information content (AvgIpc) is 2.61. The van der Waals surface area contributed by atoms with E-state index in [2.05, 4.69) is 4.72 Å². The molecule has 0 aliphatic carbocycles. The predicted octanol–water partition coefficient (Wildman–Crippen LogP) is 3.62. The number of methoxy groups -OCH3 is 1. The second kappa shape index (κ2) is 9.16. The Morgan fingerprint density at radius 3 is 2.42 bits per heavy atom. The lowest BCUT2D eigenvalue weighted by Gasteiger charge is -2.16. The number of hydrogen-bond donors (Lipinski definition) is 1. The summed E-state index contributed by atoms with van der Waals surface area (Å²) in [5, 5.41) is 0. The number of rotatable bonds is 9. The monoisotopic (exact) mass is 377 g/mol. The van der Waals surface area contributed by atoms with Crippen molar-refractivity contribution in [2.24, 2.45) is 0 Å². The number of hydrogen-bond acceptors (Lipinski definition) is 4. The standard InChI is InChI=1S/C20H27NO4S/c1-15(2)18-13-20(16(3)12-19(18)24-4)26(22,23)21-10-11-25-14-17-8-6-5-7-9-17/h5-9,12-13,15,21H,10-11,14H2,1-4H3.